The quantitative estimate of drug-likeness (QED) is 0.490. The molecule has 6 heteroatoms. The van der Waals surface area contributed by atoms with Crippen LogP contribution < -0.4 is 44.7 Å². The number of hydrogen-bond donors (Lipinski definition) is 1. The Kier molecular flexibility index (Phi) is 4.96. The van der Waals surface area contributed by atoms with Crippen LogP contribution in [0.4, 0.5) is 0 Å². The Hall–Kier alpha value is -0.520. The van der Waals surface area contributed by atoms with Gasteiger partial charge in [-0.1, -0.05) is 0 Å². The molecule has 0 aliphatic heterocycles. The number of ether oxygens (including phenoxy) is 2. The second-order valence-electron chi connectivity index (χ2n) is 1.80. The van der Waals surface area contributed by atoms with Crippen molar-refractivity contribution in [1.29, 1.82) is 0 Å². The summed E-state index contributed by atoms with van der Waals surface area (Å²) in [6, 6.07) is 1.49. The van der Waals surface area contributed by atoms with Gasteiger partial charge in [-0.25, -0.2) is 4.79 Å². The second kappa shape index (κ2) is 5.18. The van der Waals surface area contributed by atoms with E-state index in [1.54, 1.807) is 0 Å². The summed E-state index contributed by atoms with van der Waals surface area (Å²) in [5.41, 5.74) is -0.485. The van der Waals surface area contributed by atoms with E-state index in [4.69, 9.17) is 9.47 Å². The third-order valence-electron chi connectivity index (χ3n) is 1.13. The fourth-order valence-electron chi connectivity index (χ4n) is 0.628. The molecule has 0 spiro atoms. The number of nitrogens with one attached hydrogen (secondary N) is 1. The van der Waals surface area contributed by atoms with E-state index in [9.17, 15) is 4.79 Å². The molecule has 0 aliphatic carbocycles. The van der Waals surface area contributed by atoms with Crippen LogP contribution in [0.3, 0.4) is 0 Å². The summed E-state index contributed by atoms with van der Waals surface area (Å²) in [4.78, 5) is 16.6. The predicted octanol–water partition coefficient (Wildman–Crippen LogP) is -3.10. The normalized spacial score (nSPS) is 8.50. The van der Waals surface area contributed by atoms with E-state index in [-0.39, 0.29) is 36.9 Å². The van der Waals surface area contributed by atoms with Crippen LogP contribution >= 0.6 is 0 Å². The van der Waals surface area contributed by atoms with Crippen molar-refractivity contribution in [2.45, 2.75) is 0 Å². The molecule has 0 radical (unpaired) electrons. The maximum absolute atomic E-state index is 10.7. The maximum atomic E-state index is 10.7. The molecule has 0 aromatic carbocycles. The Morgan fingerprint density at radius 1 is 1.50 bits per heavy atom. The average Bonchev–Trinajstić information content (AvgIpc) is 2.03. The van der Waals surface area contributed by atoms with Gasteiger partial charge in [0, 0.05) is 0 Å². The van der Waals surface area contributed by atoms with Crippen LogP contribution in [0.5, 0.6) is 11.8 Å². The molecule has 0 amide bonds. The first-order chi connectivity index (χ1) is 5.26. The van der Waals surface area contributed by atoms with Crippen molar-refractivity contribution in [2.75, 3.05) is 14.2 Å². The van der Waals surface area contributed by atoms with Gasteiger partial charge in [0.2, 0.25) is 5.88 Å². The number of methoxy groups -OCH3 is 2. The van der Waals surface area contributed by atoms with E-state index >= 15 is 0 Å². The smallest absolute Gasteiger partial charge is 1.00 e. The third kappa shape index (κ3) is 2.84. The predicted molar refractivity (Wildman–Crippen MR) is 39.1 cm³/mol. The summed E-state index contributed by atoms with van der Waals surface area (Å²) < 4.78 is 9.49. The molecule has 0 atom stereocenters. The number of H-pyrrole nitrogens is 1. The monoisotopic (exact) mass is 180 g/mol. The minimum atomic E-state index is -0.485. The van der Waals surface area contributed by atoms with Crippen LogP contribution in [0.15, 0.2) is 10.9 Å². The SMILES string of the molecule is COc1cc(OC)[nH]c(=O)n1.[H-].[Na+]. The van der Waals surface area contributed by atoms with Crippen molar-refractivity contribution in [2.24, 2.45) is 0 Å². The molecule has 0 aliphatic rings. The van der Waals surface area contributed by atoms with Crippen molar-refractivity contribution >= 4 is 0 Å². The third-order valence-corrected chi connectivity index (χ3v) is 1.13. The summed E-state index contributed by atoms with van der Waals surface area (Å²) in [6.07, 6.45) is 0. The fourth-order valence-corrected chi connectivity index (χ4v) is 0.628. The number of aromatic nitrogens is 2. The number of nitrogens with zero attached hydrogens (tertiary/aromatic N) is 1. The van der Waals surface area contributed by atoms with Crippen LogP contribution in [0.1, 0.15) is 1.43 Å². The van der Waals surface area contributed by atoms with Crippen LogP contribution in [-0.4, -0.2) is 24.2 Å². The van der Waals surface area contributed by atoms with Crippen molar-refractivity contribution in [3.05, 3.63) is 16.6 Å². The van der Waals surface area contributed by atoms with Crippen LogP contribution in [0, 0.1) is 0 Å². The van der Waals surface area contributed by atoms with E-state index in [0.29, 0.717) is 5.88 Å². The Morgan fingerprint density at radius 2 is 2.17 bits per heavy atom. The molecule has 1 rings (SSSR count). The summed E-state index contributed by atoms with van der Waals surface area (Å²) in [5.74, 6) is 0.576. The summed E-state index contributed by atoms with van der Waals surface area (Å²) in [7, 11) is 2.88. The standard InChI is InChI=1S/C6H8N2O3.Na.H/c1-10-4-3-5(11-2)8-6(9)7-4;;/h3H,1-2H3,(H,7,8,9);;/q;+1;-1. The first kappa shape index (κ1) is 11.5. The van der Waals surface area contributed by atoms with E-state index in [1.807, 2.05) is 0 Å². The zero-order chi connectivity index (χ0) is 8.27. The van der Waals surface area contributed by atoms with E-state index in [0.717, 1.165) is 0 Å². The zero-order valence-electron chi connectivity index (χ0n) is 8.25. The average molecular weight is 180 g/mol. The van der Waals surface area contributed by atoms with Crippen molar-refractivity contribution < 1.29 is 40.5 Å². The first-order valence-corrected chi connectivity index (χ1v) is 2.95. The van der Waals surface area contributed by atoms with Crippen molar-refractivity contribution in [3.63, 3.8) is 0 Å². The van der Waals surface area contributed by atoms with Gasteiger partial charge in [0.1, 0.15) is 0 Å². The Morgan fingerprint density at radius 3 is 2.67 bits per heavy atom. The molecule has 0 bridgehead atoms. The Labute approximate surface area is 92.9 Å². The molecule has 1 aromatic heterocycles. The van der Waals surface area contributed by atoms with Gasteiger partial charge < -0.3 is 10.9 Å². The van der Waals surface area contributed by atoms with Gasteiger partial charge in [0.25, 0.3) is 0 Å². The van der Waals surface area contributed by atoms with Crippen molar-refractivity contribution in [1.82, 2.24) is 9.97 Å². The fraction of sp³-hybridized carbons (Fsp3) is 0.333. The first-order valence-electron chi connectivity index (χ1n) is 2.95. The summed E-state index contributed by atoms with van der Waals surface area (Å²) in [5, 5.41) is 0. The molecule has 0 unspecified atom stereocenters. The molecule has 0 saturated carbocycles. The van der Waals surface area contributed by atoms with E-state index in [1.165, 1.54) is 20.3 Å². The minimum Gasteiger partial charge on any atom is -1.00 e. The molecule has 1 N–H and O–H groups in total. The van der Waals surface area contributed by atoms with Gasteiger partial charge in [0.05, 0.1) is 20.3 Å². The van der Waals surface area contributed by atoms with Crippen molar-refractivity contribution in [3.8, 4) is 11.8 Å². The molecular formula is C6H9N2NaO3. The maximum Gasteiger partial charge on any atom is 1.00 e. The van der Waals surface area contributed by atoms with E-state index in [2.05, 4.69) is 9.97 Å². The number of aromatic amines is 1. The van der Waals surface area contributed by atoms with Crippen LogP contribution in [0.25, 0.3) is 0 Å². The Balaban J connectivity index is 0. The largest absolute Gasteiger partial charge is 1.00 e. The second-order valence-corrected chi connectivity index (χ2v) is 1.80. The van der Waals surface area contributed by atoms with Gasteiger partial charge in [0.15, 0.2) is 5.88 Å². The van der Waals surface area contributed by atoms with Gasteiger partial charge in [-0.3, -0.25) is 4.98 Å². The van der Waals surface area contributed by atoms with Crippen LogP contribution in [0.2, 0.25) is 0 Å². The molecule has 0 saturated heterocycles. The van der Waals surface area contributed by atoms with E-state index < -0.39 is 5.69 Å². The molecular weight excluding hydrogens is 171 g/mol. The molecule has 62 valence electrons. The molecule has 0 fully saturated rings. The molecule has 1 aromatic rings. The van der Waals surface area contributed by atoms with Gasteiger partial charge in [-0.05, 0) is 0 Å². The molecule has 12 heavy (non-hydrogen) atoms. The number of hydrogen-bond acceptors (Lipinski definition) is 4. The number of rotatable bonds is 2. The Bertz CT molecular complexity index is 279. The minimum absolute atomic E-state index is 0. The molecule has 1 heterocycles. The van der Waals surface area contributed by atoms with Gasteiger partial charge in [-0.15, -0.1) is 0 Å². The van der Waals surface area contributed by atoms with Gasteiger partial charge >= 0.3 is 35.2 Å². The molecule has 5 nitrogen and oxygen atoms in total. The van der Waals surface area contributed by atoms with Gasteiger partial charge in [-0.2, -0.15) is 4.98 Å². The zero-order valence-corrected chi connectivity index (χ0v) is 9.25. The summed E-state index contributed by atoms with van der Waals surface area (Å²) >= 11 is 0. The summed E-state index contributed by atoms with van der Waals surface area (Å²) in [6.45, 7) is 0. The topological polar surface area (TPSA) is 64.2 Å². The van der Waals surface area contributed by atoms with Crippen LogP contribution in [-0.2, 0) is 0 Å².